The largest absolute Gasteiger partial charge is 0.462 e. The van der Waals surface area contributed by atoms with Crippen LogP contribution in [0.4, 0.5) is 0 Å². The summed E-state index contributed by atoms with van der Waals surface area (Å²) in [5, 5.41) is 0. The molecule has 0 aromatic heterocycles. The number of hydrogen-bond acceptors (Lipinski definition) is 6. The SMILES string of the molecule is CC/C=C\C/C=C\C/C=C\C/C=C\C/C=C\CCCC(=O)OC(COC(=O)CCCCCCC/C=C\C/C=C\CCCCCC)COC(=O)CCCCCCCCCCCCCCCCCCC/C=C\C/C=C\CCCCCCC. The average Bonchev–Trinajstić information content (AvgIpc) is 3.46. The maximum atomic E-state index is 12.9. The molecule has 6 heteroatoms. The van der Waals surface area contributed by atoms with Gasteiger partial charge in [0.05, 0.1) is 0 Å². The van der Waals surface area contributed by atoms with Crippen molar-refractivity contribution >= 4 is 17.9 Å². The van der Waals surface area contributed by atoms with Gasteiger partial charge >= 0.3 is 17.9 Å². The molecule has 0 saturated carbocycles. The standard InChI is InChI=1S/C74H126O6/c1-4-7-10-13-16-19-22-25-28-31-32-33-34-35-36-37-38-39-40-41-42-44-46-49-52-55-58-61-64-67-73(76)79-70-71(69-78-72(75)66-63-60-57-54-51-48-45-30-27-24-21-18-15-12-9-6-3)80-74(77)68-65-62-59-56-53-50-47-43-29-26-23-20-17-14-11-8-5-2/h8,11,17,20-22,24-26,29-32,45,47,50,56,59,71H,4-7,9-10,12-16,18-19,23,27-28,33-44,46,48-49,51-55,57-58,60-70H2,1-3H3/b11-8-,20-17-,24-21-,25-22-,29-26-,32-31-,45-30-,50-47-,59-56-. The van der Waals surface area contributed by atoms with Crippen molar-refractivity contribution < 1.29 is 28.6 Å². The zero-order valence-corrected chi connectivity index (χ0v) is 52.6. The number of rotatable bonds is 61. The molecule has 0 N–H and O–H groups in total. The second kappa shape index (κ2) is 67.6. The van der Waals surface area contributed by atoms with E-state index in [1.165, 1.54) is 167 Å². The van der Waals surface area contributed by atoms with Gasteiger partial charge in [0.25, 0.3) is 0 Å². The van der Waals surface area contributed by atoms with Gasteiger partial charge in [0, 0.05) is 19.3 Å². The van der Waals surface area contributed by atoms with Gasteiger partial charge in [0.1, 0.15) is 13.2 Å². The second-order valence-corrected chi connectivity index (χ2v) is 22.3. The van der Waals surface area contributed by atoms with E-state index in [1.54, 1.807) is 0 Å². The Morgan fingerprint density at radius 3 is 0.812 bits per heavy atom. The van der Waals surface area contributed by atoms with Crippen LogP contribution in [-0.2, 0) is 28.6 Å². The number of esters is 3. The second-order valence-electron chi connectivity index (χ2n) is 22.3. The maximum Gasteiger partial charge on any atom is 0.306 e. The molecule has 0 radical (unpaired) electrons. The van der Waals surface area contributed by atoms with E-state index >= 15 is 0 Å². The van der Waals surface area contributed by atoms with Crippen LogP contribution in [0.15, 0.2) is 109 Å². The third kappa shape index (κ3) is 64.9. The van der Waals surface area contributed by atoms with Crippen LogP contribution in [-0.4, -0.2) is 37.2 Å². The first-order valence-electron chi connectivity index (χ1n) is 33.9. The van der Waals surface area contributed by atoms with Gasteiger partial charge in [0.2, 0.25) is 0 Å². The molecular formula is C74H126O6. The van der Waals surface area contributed by atoms with E-state index in [2.05, 4.69) is 130 Å². The summed E-state index contributed by atoms with van der Waals surface area (Å²) in [6.45, 7) is 6.47. The number of carbonyl (C=O) groups excluding carboxylic acids is 3. The fourth-order valence-corrected chi connectivity index (χ4v) is 9.42. The van der Waals surface area contributed by atoms with Crippen LogP contribution >= 0.6 is 0 Å². The fraction of sp³-hybridized carbons (Fsp3) is 0.716. The Kier molecular flexibility index (Phi) is 64.3. The normalized spacial score (nSPS) is 12.8. The summed E-state index contributed by atoms with van der Waals surface area (Å²) < 4.78 is 16.9. The van der Waals surface area contributed by atoms with Crippen LogP contribution in [0.2, 0.25) is 0 Å². The smallest absolute Gasteiger partial charge is 0.306 e. The summed E-state index contributed by atoms with van der Waals surface area (Å²) in [6.07, 6.45) is 92.6. The maximum absolute atomic E-state index is 12.9. The van der Waals surface area contributed by atoms with Crippen LogP contribution in [0.3, 0.4) is 0 Å². The molecule has 0 aliphatic rings. The van der Waals surface area contributed by atoms with E-state index in [0.717, 1.165) is 109 Å². The van der Waals surface area contributed by atoms with E-state index < -0.39 is 6.10 Å². The Balaban J connectivity index is 4.33. The molecule has 0 rings (SSSR count). The molecule has 1 unspecified atom stereocenters. The van der Waals surface area contributed by atoms with Crippen LogP contribution in [0, 0.1) is 0 Å². The molecule has 0 spiro atoms. The Labute approximate surface area is 495 Å². The van der Waals surface area contributed by atoms with Gasteiger partial charge in [-0.15, -0.1) is 0 Å². The number of allylic oxidation sites excluding steroid dienone is 18. The molecule has 0 aliphatic heterocycles. The van der Waals surface area contributed by atoms with Gasteiger partial charge in [-0.3, -0.25) is 14.4 Å². The van der Waals surface area contributed by atoms with Crippen LogP contribution in [0.5, 0.6) is 0 Å². The summed E-state index contributed by atoms with van der Waals surface area (Å²) in [6, 6.07) is 0. The van der Waals surface area contributed by atoms with Crippen molar-refractivity contribution in [1.29, 1.82) is 0 Å². The summed E-state index contributed by atoms with van der Waals surface area (Å²) in [5.74, 6) is -0.968. The molecule has 0 fully saturated rings. The van der Waals surface area contributed by atoms with Crippen LogP contribution in [0.25, 0.3) is 0 Å². The van der Waals surface area contributed by atoms with E-state index in [9.17, 15) is 14.4 Å². The summed E-state index contributed by atoms with van der Waals surface area (Å²) >= 11 is 0. The lowest BCUT2D eigenvalue weighted by molar-refractivity contribution is -0.167. The van der Waals surface area contributed by atoms with Crippen LogP contribution in [0.1, 0.15) is 323 Å². The number of carbonyl (C=O) groups is 3. The van der Waals surface area contributed by atoms with Crippen molar-refractivity contribution in [3.63, 3.8) is 0 Å². The topological polar surface area (TPSA) is 78.9 Å². The van der Waals surface area contributed by atoms with Crippen LogP contribution < -0.4 is 0 Å². The first-order chi connectivity index (χ1) is 39.5. The van der Waals surface area contributed by atoms with E-state index in [4.69, 9.17) is 14.2 Å². The van der Waals surface area contributed by atoms with E-state index in [1.807, 2.05) is 0 Å². The van der Waals surface area contributed by atoms with E-state index in [0.29, 0.717) is 19.3 Å². The van der Waals surface area contributed by atoms with Gasteiger partial charge in [-0.1, -0.05) is 291 Å². The van der Waals surface area contributed by atoms with Crippen molar-refractivity contribution in [2.45, 2.75) is 329 Å². The lowest BCUT2D eigenvalue weighted by atomic mass is 10.0. The molecule has 0 bridgehead atoms. The Bertz CT molecular complexity index is 1610. The highest BCUT2D eigenvalue weighted by atomic mass is 16.6. The summed E-state index contributed by atoms with van der Waals surface area (Å²) in [4.78, 5) is 38.3. The molecule has 80 heavy (non-hydrogen) atoms. The minimum Gasteiger partial charge on any atom is -0.462 e. The first-order valence-corrected chi connectivity index (χ1v) is 33.9. The van der Waals surface area contributed by atoms with Crippen molar-refractivity contribution in [3.8, 4) is 0 Å². The van der Waals surface area contributed by atoms with Crippen molar-refractivity contribution in [1.82, 2.24) is 0 Å². The van der Waals surface area contributed by atoms with Crippen molar-refractivity contribution in [2.24, 2.45) is 0 Å². The van der Waals surface area contributed by atoms with Crippen molar-refractivity contribution in [2.75, 3.05) is 13.2 Å². The summed E-state index contributed by atoms with van der Waals surface area (Å²) in [7, 11) is 0. The monoisotopic (exact) mass is 1110 g/mol. The molecule has 0 heterocycles. The zero-order valence-electron chi connectivity index (χ0n) is 52.6. The molecule has 6 nitrogen and oxygen atoms in total. The number of unbranched alkanes of at least 4 members (excludes halogenated alkanes) is 32. The Hall–Kier alpha value is -3.93. The third-order valence-corrected chi connectivity index (χ3v) is 14.5. The molecule has 0 saturated heterocycles. The molecule has 0 aliphatic carbocycles. The molecule has 0 amide bonds. The predicted molar refractivity (Wildman–Crippen MR) is 348 cm³/mol. The highest BCUT2D eigenvalue weighted by Gasteiger charge is 2.19. The average molecular weight is 1110 g/mol. The van der Waals surface area contributed by atoms with Crippen molar-refractivity contribution in [3.05, 3.63) is 109 Å². The Morgan fingerprint density at radius 1 is 0.263 bits per heavy atom. The van der Waals surface area contributed by atoms with Gasteiger partial charge in [-0.05, 0) is 122 Å². The molecule has 0 aromatic carbocycles. The van der Waals surface area contributed by atoms with Gasteiger partial charge < -0.3 is 14.2 Å². The molecule has 0 aromatic rings. The lowest BCUT2D eigenvalue weighted by Gasteiger charge is -2.18. The minimum absolute atomic E-state index is 0.104. The number of ether oxygens (including phenoxy) is 3. The minimum atomic E-state index is -0.816. The third-order valence-electron chi connectivity index (χ3n) is 14.5. The van der Waals surface area contributed by atoms with Gasteiger partial charge in [-0.2, -0.15) is 0 Å². The first kappa shape index (κ1) is 76.1. The zero-order chi connectivity index (χ0) is 57.8. The lowest BCUT2D eigenvalue weighted by Crippen LogP contribution is -2.30. The van der Waals surface area contributed by atoms with Gasteiger partial charge in [0.15, 0.2) is 6.10 Å². The fourth-order valence-electron chi connectivity index (χ4n) is 9.42. The summed E-state index contributed by atoms with van der Waals surface area (Å²) in [5.41, 5.74) is 0. The molecular weight excluding hydrogens is 985 g/mol. The highest BCUT2D eigenvalue weighted by Crippen LogP contribution is 2.16. The highest BCUT2D eigenvalue weighted by molar-refractivity contribution is 5.71. The molecule has 458 valence electrons. The van der Waals surface area contributed by atoms with E-state index in [-0.39, 0.29) is 37.5 Å². The van der Waals surface area contributed by atoms with Gasteiger partial charge in [-0.25, -0.2) is 0 Å². The quantitative estimate of drug-likeness (QED) is 0.0261. The molecule has 1 atom stereocenters. The predicted octanol–water partition coefficient (Wildman–Crippen LogP) is 23.4. The Morgan fingerprint density at radius 2 is 0.500 bits per heavy atom. The number of hydrogen-bond donors (Lipinski definition) is 0.